The van der Waals surface area contributed by atoms with Crippen LogP contribution in [-0.2, 0) is 4.79 Å². The molecule has 0 spiro atoms. The highest BCUT2D eigenvalue weighted by Crippen LogP contribution is 2.28. The lowest BCUT2D eigenvalue weighted by molar-refractivity contribution is -0.121. The number of carbonyl (C=O) groups is 2. The number of thiazole rings is 1. The Kier molecular flexibility index (Phi) is 5.53. The van der Waals surface area contributed by atoms with E-state index in [0.717, 1.165) is 23.1 Å². The number of halogens is 2. The Bertz CT molecular complexity index is 1050. The van der Waals surface area contributed by atoms with Crippen molar-refractivity contribution in [2.24, 2.45) is 0 Å². The van der Waals surface area contributed by atoms with Gasteiger partial charge < -0.3 is 10.2 Å². The zero-order valence-corrected chi connectivity index (χ0v) is 17.2. The number of nitrogens with one attached hydrogen (secondary N) is 1. The molecule has 8 heteroatoms. The van der Waals surface area contributed by atoms with Crippen LogP contribution >= 0.6 is 34.5 Å². The van der Waals surface area contributed by atoms with Crippen molar-refractivity contribution in [3.63, 3.8) is 0 Å². The third kappa shape index (κ3) is 3.85. The molecule has 1 aromatic heterocycles. The third-order valence-electron chi connectivity index (χ3n) is 4.83. The predicted molar refractivity (Wildman–Crippen MR) is 113 cm³/mol. The van der Waals surface area contributed by atoms with Crippen LogP contribution in [0.1, 0.15) is 29.6 Å². The van der Waals surface area contributed by atoms with E-state index in [-0.39, 0.29) is 11.8 Å². The monoisotopic (exact) mass is 433 g/mol. The predicted octanol–water partition coefficient (Wildman–Crippen LogP) is 5.24. The number of hydrogen-bond donors (Lipinski definition) is 1. The number of fused-ring (bicyclic) bond motifs is 1. The molecule has 0 radical (unpaired) electrons. The molecular weight excluding hydrogens is 417 g/mol. The molecule has 1 aliphatic rings. The number of amides is 2. The summed E-state index contributed by atoms with van der Waals surface area (Å²) in [5.41, 5.74) is 3.68. The average molecular weight is 434 g/mol. The van der Waals surface area contributed by atoms with Gasteiger partial charge >= 0.3 is 0 Å². The van der Waals surface area contributed by atoms with Gasteiger partial charge in [-0.1, -0.05) is 23.2 Å². The Morgan fingerprint density at radius 3 is 2.82 bits per heavy atom. The van der Waals surface area contributed by atoms with Gasteiger partial charge in [-0.2, -0.15) is 0 Å². The van der Waals surface area contributed by atoms with Gasteiger partial charge in [0.25, 0.3) is 5.91 Å². The molecule has 1 fully saturated rings. The first kappa shape index (κ1) is 19.2. The van der Waals surface area contributed by atoms with E-state index in [1.54, 1.807) is 34.7 Å². The second-order valence-electron chi connectivity index (χ2n) is 6.66. The van der Waals surface area contributed by atoms with E-state index < -0.39 is 6.04 Å². The van der Waals surface area contributed by atoms with E-state index in [4.69, 9.17) is 23.2 Å². The van der Waals surface area contributed by atoms with Gasteiger partial charge in [-0.25, -0.2) is 4.98 Å². The Balaban J connectivity index is 1.56. The maximum atomic E-state index is 13.1. The second kappa shape index (κ2) is 8.07. The molecule has 2 amide bonds. The number of piperidine rings is 1. The van der Waals surface area contributed by atoms with Crippen LogP contribution < -0.4 is 5.32 Å². The van der Waals surface area contributed by atoms with E-state index in [9.17, 15) is 9.59 Å². The molecule has 0 aliphatic carbocycles. The molecule has 5 nitrogen and oxygen atoms in total. The molecular formula is C20H17Cl2N3O2S. The normalized spacial score (nSPS) is 16.9. The number of aromatic nitrogens is 1. The summed E-state index contributed by atoms with van der Waals surface area (Å²) in [7, 11) is 0. The van der Waals surface area contributed by atoms with Crippen molar-refractivity contribution < 1.29 is 9.59 Å². The highest BCUT2D eigenvalue weighted by Gasteiger charge is 2.33. The fraction of sp³-hybridized carbons (Fsp3) is 0.250. The molecule has 144 valence electrons. The van der Waals surface area contributed by atoms with Crippen LogP contribution in [0.5, 0.6) is 0 Å². The van der Waals surface area contributed by atoms with Crippen molar-refractivity contribution in [1.82, 2.24) is 9.88 Å². The van der Waals surface area contributed by atoms with Crippen molar-refractivity contribution in [1.29, 1.82) is 0 Å². The lowest BCUT2D eigenvalue weighted by Crippen LogP contribution is -2.50. The molecule has 1 saturated heterocycles. The summed E-state index contributed by atoms with van der Waals surface area (Å²) in [6, 6.07) is 9.81. The second-order valence-corrected chi connectivity index (χ2v) is 8.39. The largest absolute Gasteiger partial charge is 0.327 e. The molecule has 0 saturated carbocycles. The molecule has 3 aromatic rings. The summed E-state index contributed by atoms with van der Waals surface area (Å²) in [6.45, 7) is 0.548. The molecule has 2 aromatic carbocycles. The number of nitrogens with zero attached hydrogens (tertiary/aromatic N) is 2. The summed E-state index contributed by atoms with van der Waals surface area (Å²) in [6.07, 6.45) is 2.38. The first-order valence-electron chi connectivity index (χ1n) is 8.93. The number of benzene rings is 2. The summed E-state index contributed by atoms with van der Waals surface area (Å²) in [5.74, 6) is -0.381. The van der Waals surface area contributed by atoms with Gasteiger partial charge in [0.2, 0.25) is 5.91 Å². The molecule has 0 bridgehead atoms. The molecule has 1 aliphatic heterocycles. The van der Waals surface area contributed by atoms with E-state index in [2.05, 4.69) is 10.3 Å². The zero-order valence-electron chi connectivity index (χ0n) is 14.8. The van der Waals surface area contributed by atoms with E-state index in [1.807, 2.05) is 12.1 Å². The molecule has 1 atom stereocenters. The highest BCUT2D eigenvalue weighted by atomic mass is 35.5. The first-order valence-corrected chi connectivity index (χ1v) is 10.6. The van der Waals surface area contributed by atoms with E-state index in [0.29, 0.717) is 34.3 Å². The average Bonchev–Trinajstić information content (AvgIpc) is 3.17. The smallest absolute Gasteiger partial charge is 0.254 e. The Labute approximate surface area is 176 Å². The van der Waals surface area contributed by atoms with Gasteiger partial charge in [0.1, 0.15) is 6.04 Å². The van der Waals surface area contributed by atoms with Crippen molar-refractivity contribution in [3.05, 3.63) is 57.5 Å². The quantitative estimate of drug-likeness (QED) is 0.614. The van der Waals surface area contributed by atoms with Gasteiger partial charge in [0.05, 0.1) is 26.4 Å². The van der Waals surface area contributed by atoms with Crippen molar-refractivity contribution >= 4 is 62.3 Å². The Morgan fingerprint density at radius 1 is 1.14 bits per heavy atom. The van der Waals surface area contributed by atoms with Crippen LogP contribution in [-0.4, -0.2) is 34.3 Å². The van der Waals surface area contributed by atoms with Crippen LogP contribution in [0.15, 0.2) is 41.9 Å². The van der Waals surface area contributed by atoms with Crippen molar-refractivity contribution in [2.45, 2.75) is 25.3 Å². The topological polar surface area (TPSA) is 62.3 Å². The zero-order chi connectivity index (χ0) is 19.7. The Morgan fingerprint density at radius 2 is 2.00 bits per heavy atom. The number of carbonyl (C=O) groups excluding carboxylic acids is 2. The minimum atomic E-state index is -0.537. The van der Waals surface area contributed by atoms with E-state index >= 15 is 0 Å². The van der Waals surface area contributed by atoms with Gasteiger partial charge in [0.15, 0.2) is 0 Å². The lowest BCUT2D eigenvalue weighted by atomic mass is 9.99. The van der Waals surface area contributed by atoms with Crippen LogP contribution in [0.3, 0.4) is 0 Å². The van der Waals surface area contributed by atoms with Gasteiger partial charge in [-0.15, -0.1) is 11.3 Å². The minimum absolute atomic E-state index is 0.141. The standard InChI is InChI=1S/C20H17Cl2N3O2S/c21-13-5-7-15(14(22)10-13)24-19(26)17-3-1-2-8-25(17)20(27)12-4-6-16-18(9-12)28-11-23-16/h4-7,9-11,17H,1-3,8H2,(H,24,26). The number of rotatable bonds is 3. The molecule has 4 rings (SSSR count). The maximum Gasteiger partial charge on any atom is 0.254 e. The van der Waals surface area contributed by atoms with Gasteiger partial charge in [0, 0.05) is 17.1 Å². The lowest BCUT2D eigenvalue weighted by Gasteiger charge is -2.34. The fourth-order valence-corrected chi connectivity index (χ4v) is 4.58. The van der Waals surface area contributed by atoms with Crippen LogP contribution in [0.2, 0.25) is 10.0 Å². The SMILES string of the molecule is O=C(Nc1ccc(Cl)cc1Cl)C1CCCCN1C(=O)c1ccc2ncsc2c1. The fourth-order valence-electron chi connectivity index (χ4n) is 3.41. The number of likely N-dealkylation sites (tertiary alicyclic amines) is 1. The molecule has 2 heterocycles. The summed E-state index contributed by atoms with van der Waals surface area (Å²) in [5, 5.41) is 3.70. The van der Waals surface area contributed by atoms with Crippen molar-refractivity contribution in [2.75, 3.05) is 11.9 Å². The molecule has 28 heavy (non-hydrogen) atoms. The molecule has 1 unspecified atom stereocenters. The van der Waals surface area contributed by atoms with Gasteiger partial charge in [-0.05, 0) is 55.7 Å². The van der Waals surface area contributed by atoms with E-state index in [1.165, 1.54) is 11.3 Å². The molecule has 1 N–H and O–H groups in total. The van der Waals surface area contributed by atoms with Gasteiger partial charge in [-0.3, -0.25) is 9.59 Å². The highest BCUT2D eigenvalue weighted by molar-refractivity contribution is 7.16. The minimum Gasteiger partial charge on any atom is -0.327 e. The van der Waals surface area contributed by atoms with Crippen LogP contribution in [0, 0.1) is 0 Å². The summed E-state index contributed by atoms with van der Waals surface area (Å²) in [4.78, 5) is 31.9. The van der Waals surface area contributed by atoms with Crippen LogP contribution in [0.25, 0.3) is 10.2 Å². The maximum absolute atomic E-state index is 13.1. The third-order valence-corrected chi connectivity index (χ3v) is 6.17. The summed E-state index contributed by atoms with van der Waals surface area (Å²) < 4.78 is 0.955. The Hall–Kier alpha value is -2.15. The first-order chi connectivity index (χ1) is 13.5. The van der Waals surface area contributed by atoms with Crippen LogP contribution in [0.4, 0.5) is 5.69 Å². The number of hydrogen-bond acceptors (Lipinski definition) is 4. The van der Waals surface area contributed by atoms with Crippen molar-refractivity contribution in [3.8, 4) is 0 Å². The number of anilines is 1. The summed E-state index contributed by atoms with van der Waals surface area (Å²) >= 11 is 13.6.